The lowest BCUT2D eigenvalue weighted by molar-refractivity contribution is 0.112. The summed E-state index contributed by atoms with van der Waals surface area (Å²) in [6.45, 7) is 1.30. The first-order valence-electron chi connectivity index (χ1n) is 4.88. The van der Waals surface area contributed by atoms with Crippen LogP contribution in [0.5, 0.6) is 5.75 Å². The Hall–Kier alpha value is -0.930. The first kappa shape index (κ1) is 13.1. The molecule has 5 heteroatoms. The van der Waals surface area contributed by atoms with Crippen LogP contribution in [0.4, 0.5) is 5.69 Å². The molecule has 3 nitrogen and oxygen atoms in total. The highest BCUT2D eigenvalue weighted by atomic mass is 35.5. The Morgan fingerprint density at radius 2 is 1.88 bits per heavy atom. The van der Waals surface area contributed by atoms with Gasteiger partial charge in [-0.3, -0.25) is 4.79 Å². The summed E-state index contributed by atoms with van der Waals surface area (Å²) in [5.41, 5.74) is 1.10. The van der Waals surface area contributed by atoms with Crippen molar-refractivity contribution in [3.05, 3.63) is 23.8 Å². The van der Waals surface area contributed by atoms with Gasteiger partial charge in [-0.1, -0.05) is 0 Å². The molecule has 1 aromatic carbocycles. The number of halogens is 2. The minimum Gasteiger partial charge on any atom is -0.507 e. The van der Waals surface area contributed by atoms with Gasteiger partial charge in [0, 0.05) is 30.5 Å². The number of phenols is 1. The minimum absolute atomic E-state index is 0.0181. The largest absolute Gasteiger partial charge is 0.507 e. The molecule has 0 heterocycles. The number of phenolic OH excluding ortho intramolecular Hbond substituents is 1. The van der Waals surface area contributed by atoms with Gasteiger partial charge < -0.3 is 10.0 Å². The molecule has 16 heavy (non-hydrogen) atoms. The van der Waals surface area contributed by atoms with E-state index in [0.717, 1.165) is 5.69 Å². The molecule has 0 fully saturated rings. The van der Waals surface area contributed by atoms with Gasteiger partial charge in [0.1, 0.15) is 5.75 Å². The molecule has 0 aliphatic carbocycles. The highest BCUT2D eigenvalue weighted by Crippen LogP contribution is 2.22. The molecule has 0 saturated heterocycles. The van der Waals surface area contributed by atoms with E-state index in [9.17, 15) is 9.90 Å². The smallest absolute Gasteiger partial charge is 0.153 e. The lowest BCUT2D eigenvalue weighted by Gasteiger charge is -2.23. The maximum absolute atomic E-state index is 10.7. The Morgan fingerprint density at radius 3 is 2.38 bits per heavy atom. The molecule has 0 aromatic heterocycles. The van der Waals surface area contributed by atoms with Crippen LogP contribution < -0.4 is 4.90 Å². The summed E-state index contributed by atoms with van der Waals surface area (Å²) in [6.07, 6.45) is 0.623. The van der Waals surface area contributed by atoms with E-state index in [-0.39, 0.29) is 11.3 Å². The second-order valence-corrected chi connectivity index (χ2v) is 3.98. The summed E-state index contributed by atoms with van der Waals surface area (Å²) in [5.74, 6) is 0.943. The Bertz CT molecular complexity index is 352. The average molecular weight is 262 g/mol. The van der Waals surface area contributed by atoms with Crippen LogP contribution in [-0.2, 0) is 0 Å². The summed E-state index contributed by atoms with van der Waals surface area (Å²) < 4.78 is 0. The van der Waals surface area contributed by atoms with Crippen LogP contribution in [-0.4, -0.2) is 36.2 Å². The number of anilines is 1. The van der Waals surface area contributed by atoms with Crippen molar-refractivity contribution in [2.45, 2.75) is 0 Å². The molecule has 0 bridgehead atoms. The highest BCUT2D eigenvalue weighted by Gasteiger charge is 2.08. The van der Waals surface area contributed by atoms with E-state index in [0.29, 0.717) is 31.1 Å². The number of nitrogens with zero attached hydrogens (tertiary/aromatic N) is 1. The van der Waals surface area contributed by atoms with Crippen LogP contribution in [0.15, 0.2) is 18.2 Å². The molecule has 1 N–H and O–H groups in total. The summed E-state index contributed by atoms with van der Waals surface area (Å²) in [6, 6.07) is 4.86. The molecule has 0 amide bonds. The molecule has 0 radical (unpaired) electrons. The van der Waals surface area contributed by atoms with Gasteiger partial charge in [0.25, 0.3) is 0 Å². The molecule has 0 aliphatic rings. The van der Waals surface area contributed by atoms with Crippen LogP contribution in [0, 0.1) is 0 Å². The van der Waals surface area contributed by atoms with E-state index in [1.54, 1.807) is 12.1 Å². The number of carbonyl (C=O) groups is 1. The van der Waals surface area contributed by atoms with Gasteiger partial charge in [-0.2, -0.15) is 0 Å². The number of carbonyl (C=O) groups excluding carboxylic acids is 1. The number of rotatable bonds is 6. The molecular formula is C11H13Cl2NO2. The lowest BCUT2D eigenvalue weighted by Crippen LogP contribution is -2.27. The molecule has 0 saturated carbocycles. The minimum atomic E-state index is -0.0181. The van der Waals surface area contributed by atoms with Crippen molar-refractivity contribution in [2.24, 2.45) is 0 Å². The van der Waals surface area contributed by atoms with E-state index in [1.807, 2.05) is 4.90 Å². The molecule has 88 valence electrons. The number of aldehydes is 1. The third-order valence-corrected chi connectivity index (χ3v) is 2.55. The van der Waals surface area contributed by atoms with Crippen molar-refractivity contribution in [3.8, 4) is 5.75 Å². The van der Waals surface area contributed by atoms with Crippen molar-refractivity contribution >= 4 is 35.2 Å². The van der Waals surface area contributed by atoms with Crippen LogP contribution >= 0.6 is 23.2 Å². The molecule has 1 rings (SSSR count). The van der Waals surface area contributed by atoms with Crippen molar-refractivity contribution in [1.29, 1.82) is 0 Å². The van der Waals surface area contributed by atoms with E-state index in [1.165, 1.54) is 6.07 Å². The van der Waals surface area contributed by atoms with Gasteiger partial charge in [0.15, 0.2) is 6.29 Å². The van der Waals surface area contributed by atoms with Crippen LogP contribution in [0.2, 0.25) is 0 Å². The normalized spacial score (nSPS) is 10.1. The Morgan fingerprint density at radius 1 is 1.25 bits per heavy atom. The van der Waals surface area contributed by atoms with E-state index in [4.69, 9.17) is 23.2 Å². The van der Waals surface area contributed by atoms with Gasteiger partial charge in [-0.25, -0.2) is 0 Å². The predicted molar refractivity (Wildman–Crippen MR) is 67.1 cm³/mol. The van der Waals surface area contributed by atoms with E-state index in [2.05, 4.69) is 0 Å². The van der Waals surface area contributed by atoms with E-state index < -0.39 is 0 Å². The number of hydrogen-bond acceptors (Lipinski definition) is 3. The van der Waals surface area contributed by atoms with Crippen LogP contribution in [0.25, 0.3) is 0 Å². The maximum Gasteiger partial charge on any atom is 0.153 e. The Balaban J connectivity index is 2.95. The zero-order valence-electron chi connectivity index (χ0n) is 8.70. The van der Waals surface area contributed by atoms with Crippen molar-refractivity contribution < 1.29 is 9.90 Å². The van der Waals surface area contributed by atoms with Crippen molar-refractivity contribution in [2.75, 3.05) is 29.7 Å². The molecule has 0 spiro atoms. The van der Waals surface area contributed by atoms with Crippen molar-refractivity contribution in [3.63, 3.8) is 0 Å². The predicted octanol–water partition coefficient (Wildman–Crippen LogP) is 2.49. The fourth-order valence-corrected chi connectivity index (χ4v) is 1.82. The second kappa shape index (κ2) is 6.61. The van der Waals surface area contributed by atoms with E-state index >= 15 is 0 Å². The third kappa shape index (κ3) is 3.29. The first-order valence-corrected chi connectivity index (χ1v) is 5.95. The summed E-state index contributed by atoms with van der Waals surface area (Å²) >= 11 is 11.4. The average Bonchev–Trinajstić information content (AvgIpc) is 2.29. The number of benzene rings is 1. The maximum atomic E-state index is 10.7. The molecule has 0 unspecified atom stereocenters. The topological polar surface area (TPSA) is 40.5 Å². The molecular weight excluding hydrogens is 249 g/mol. The lowest BCUT2D eigenvalue weighted by atomic mass is 10.2. The third-order valence-electron chi connectivity index (χ3n) is 2.21. The zero-order valence-corrected chi connectivity index (χ0v) is 10.2. The monoisotopic (exact) mass is 261 g/mol. The quantitative estimate of drug-likeness (QED) is 0.632. The zero-order chi connectivity index (χ0) is 12.0. The van der Waals surface area contributed by atoms with Crippen LogP contribution in [0.3, 0.4) is 0 Å². The van der Waals surface area contributed by atoms with Crippen molar-refractivity contribution in [1.82, 2.24) is 0 Å². The number of alkyl halides is 2. The van der Waals surface area contributed by atoms with Gasteiger partial charge in [0.2, 0.25) is 0 Å². The van der Waals surface area contributed by atoms with Gasteiger partial charge in [-0.05, 0) is 18.2 Å². The fourth-order valence-electron chi connectivity index (χ4n) is 1.41. The number of hydrogen-bond donors (Lipinski definition) is 1. The summed E-state index contributed by atoms with van der Waals surface area (Å²) in [7, 11) is 0. The fraction of sp³-hybridized carbons (Fsp3) is 0.364. The second-order valence-electron chi connectivity index (χ2n) is 3.23. The Kier molecular flexibility index (Phi) is 5.43. The molecule has 1 aromatic rings. The first-order chi connectivity index (χ1) is 7.72. The SMILES string of the molecule is O=Cc1cc(N(CCCl)CCCl)ccc1O. The standard InChI is InChI=1S/C11H13Cl2NO2/c12-3-5-14(6-4-13)10-1-2-11(16)9(7-10)8-15/h1-2,7-8,16H,3-6H2. The highest BCUT2D eigenvalue weighted by molar-refractivity contribution is 6.18. The van der Waals surface area contributed by atoms with Gasteiger partial charge in [-0.15, -0.1) is 23.2 Å². The summed E-state index contributed by atoms with van der Waals surface area (Å²) in [4.78, 5) is 12.7. The van der Waals surface area contributed by atoms with Gasteiger partial charge in [0.05, 0.1) is 5.56 Å². The summed E-state index contributed by atoms with van der Waals surface area (Å²) in [5, 5.41) is 9.37. The number of aromatic hydroxyl groups is 1. The Labute approximate surface area is 105 Å². The molecule has 0 atom stereocenters. The van der Waals surface area contributed by atoms with Gasteiger partial charge >= 0.3 is 0 Å². The van der Waals surface area contributed by atoms with Crippen LogP contribution in [0.1, 0.15) is 10.4 Å². The molecule has 0 aliphatic heterocycles.